The number of hydrogen-bond donors (Lipinski definition) is 1. The summed E-state index contributed by atoms with van der Waals surface area (Å²) in [6, 6.07) is 21.7. The van der Waals surface area contributed by atoms with Crippen LogP contribution in [0.3, 0.4) is 0 Å². The molecule has 1 N–H and O–H groups in total. The molecule has 1 aliphatic rings. The molecule has 0 aliphatic carbocycles. The highest BCUT2D eigenvalue weighted by Gasteiger charge is 2.53. The zero-order valence-electron chi connectivity index (χ0n) is 13.6. The van der Waals surface area contributed by atoms with E-state index in [1.54, 1.807) is 66.7 Å². The van der Waals surface area contributed by atoms with Crippen LogP contribution in [-0.2, 0) is 5.72 Å². The van der Waals surface area contributed by atoms with Gasteiger partial charge < -0.3 is 5.11 Å². The van der Waals surface area contributed by atoms with E-state index in [2.05, 4.69) is 0 Å². The van der Waals surface area contributed by atoms with Gasteiger partial charge >= 0.3 is 0 Å². The van der Waals surface area contributed by atoms with E-state index in [0.717, 1.165) is 4.90 Å². The van der Waals surface area contributed by atoms with Gasteiger partial charge in [-0.1, -0.05) is 60.1 Å². The number of benzene rings is 3. The summed E-state index contributed by atoms with van der Waals surface area (Å²) in [5.41, 5.74) is -0.644. The van der Waals surface area contributed by atoms with Crippen LogP contribution in [0, 0.1) is 0 Å². The minimum Gasteiger partial charge on any atom is -0.363 e. The number of halogens is 1. The predicted octanol–water partition coefficient (Wildman–Crippen LogP) is 3.83. The first kappa shape index (κ1) is 16.5. The highest BCUT2D eigenvalue weighted by atomic mass is 35.5. The van der Waals surface area contributed by atoms with Gasteiger partial charge in [0.05, 0.1) is 0 Å². The van der Waals surface area contributed by atoms with Crippen molar-refractivity contribution < 1.29 is 14.7 Å². The Labute approximate surface area is 155 Å². The first-order valence-electron chi connectivity index (χ1n) is 8.05. The molecule has 1 unspecified atom stereocenters. The molecule has 5 heteroatoms. The Balaban J connectivity index is 1.96. The molecular weight excluding hydrogens is 350 g/mol. The largest absolute Gasteiger partial charge is 0.363 e. The fourth-order valence-corrected chi connectivity index (χ4v) is 3.46. The van der Waals surface area contributed by atoms with Crippen molar-refractivity contribution in [2.24, 2.45) is 0 Å². The minimum atomic E-state index is -1.93. The average molecular weight is 364 g/mol. The quantitative estimate of drug-likeness (QED) is 0.704. The summed E-state index contributed by atoms with van der Waals surface area (Å²) >= 11 is 6.10. The lowest BCUT2D eigenvalue weighted by molar-refractivity contribution is -0.0362. The molecule has 0 saturated carbocycles. The SMILES string of the molecule is O=C(c1ccccc1)N1C(=O)c2ccc(Cl)cc2C1(O)c1ccccc1. The molecule has 3 aromatic carbocycles. The van der Waals surface area contributed by atoms with Crippen molar-refractivity contribution in [3.8, 4) is 0 Å². The molecule has 0 bridgehead atoms. The standard InChI is InChI=1S/C21H14ClNO3/c22-16-11-12-17-18(13-16)21(26,15-9-5-2-6-10-15)23(20(17)25)19(24)14-7-3-1-4-8-14/h1-13,26H. The van der Waals surface area contributed by atoms with E-state index in [1.807, 2.05) is 0 Å². The van der Waals surface area contributed by atoms with Crippen molar-refractivity contribution in [2.45, 2.75) is 5.72 Å². The minimum absolute atomic E-state index is 0.255. The van der Waals surface area contributed by atoms with Gasteiger partial charge in [-0.15, -0.1) is 0 Å². The Morgan fingerprint density at radius 1 is 0.923 bits per heavy atom. The van der Waals surface area contributed by atoms with E-state index in [1.165, 1.54) is 12.1 Å². The van der Waals surface area contributed by atoms with Crippen LogP contribution in [0.15, 0.2) is 78.9 Å². The number of nitrogens with zero attached hydrogens (tertiary/aromatic N) is 1. The third kappa shape index (κ3) is 2.35. The maximum Gasteiger partial charge on any atom is 0.264 e. The van der Waals surface area contributed by atoms with Crippen molar-refractivity contribution in [2.75, 3.05) is 0 Å². The molecule has 0 spiro atoms. The Morgan fingerprint density at radius 2 is 1.54 bits per heavy atom. The lowest BCUT2D eigenvalue weighted by atomic mass is 9.93. The topological polar surface area (TPSA) is 57.6 Å². The smallest absolute Gasteiger partial charge is 0.264 e. The van der Waals surface area contributed by atoms with E-state index in [0.29, 0.717) is 21.7 Å². The summed E-state index contributed by atoms with van der Waals surface area (Å²) < 4.78 is 0. The zero-order chi connectivity index (χ0) is 18.3. The zero-order valence-corrected chi connectivity index (χ0v) is 14.4. The number of fused-ring (bicyclic) bond motifs is 1. The first-order valence-corrected chi connectivity index (χ1v) is 8.43. The molecule has 0 fully saturated rings. The summed E-state index contributed by atoms with van der Waals surface area (Å²) in [4.78, 5) is 27.0. The maximum atomic E-state index is 13.1. The van der Waals surface area contributed by atoms with Gasteiger partial charge in [0.1, 0.15) is 0 Å². The summed E-state index contributed by atoms with van der Waals surface area (Å²) in [6.45, 7) is 0. The lowest BCUT2D eigenvalue weighted by Crippen LogP contribution is -2.48. The molecule has 2 amide bonds. The fourth-order valence-electron chi connectivity index (χ4n) is 3.28. The molecule has 0 radical (unpaired) electrons. The van der Waals surface area contributed by atoms with Gasteiger partial charge in [-0.05, 0) is 30.3 Å². The van der Waals surface area contributed by atoms with E-state index >= 15 is 0 Å². The number of hydrogen-bond acceptors (Lipinski definition) is 3. The number of imide groups is 1. The Morgan fingerprint density at radius 3 is 2.19 bits per heavy atom. The molecule has 26 heavy (non-hydrogen) atoms. The second kappa shape index (κ2) is 6.09. The monoisotopic (exact) mass is 363 g/mol. The summed E-state index contributed by atoms with van der Waals surface area (Å²) in [7, 11) is 0. The van der Waals surface area contributed by atoms with Crippen molar-refractivity contribution in [1.29, 1.82) is 0 Å². The average Bonchev–Trinajstić information content (AvgIpc) is 2.90. The molecule has 0 aromatic heterocycles. The lowest BCUT2D eigenvalue weighted by Gasteiger charge is -2.33. The highest BCUT2D eigenvalue weighted by Crippen LogP contribution is 2.43. The maximum absolute atomic E-state index is 13.1. The van der Waals surface area contributed by atoms with Crippen LogP contribution in [-0.4, -0.2) is 21.8 Å². The van der Waals surface area contributed by atoms with E-state index < -0.39 is 17.5 Å². The molecule has 128 valence electrons. The van der Waals surface area contributed by atoms with Crippen molar-refractivity contribution in [3.05, 3.63) is 106 Å². The number of amides is 2. The molecular formula is C21H14ClNO3. The van der Waals surface area contributed by atoms with Crippen LogP contribution < -0.4 is 0 Å². The second-order valence-electron chi connectivity index (χ2n) is 6.04. The highest BCUT2D eigenvalue weighted by molar-refractivity contribution is 6.31. The number of rotatable bonds is 2. The molecule has 3 aromatic rings. The van der Waals surface area contributed by atoms with Crippen LogP contribution in [0.1, 0.15) is 31.8 Å². The van der Waals surface area contributed by atoms with Gasteiger partial charge in [-0.3, -0.25) is 9.59 Å². The van der Waals surface area contributed by atoms with E-state index in [4.69, 9.17) is 11.6 Å². The Kier molecular flexibility index (Phi) is 3.87. The van der Waals surface area contributed by atoms with Crippen molar-refractivity contribution >= 4 is 23.4 Å². The summed E-state index contributed by atoms with van der Waals surface area (Å²) in [5, 5.41) is 12.0. The number of carbonyl (C=O) groups is 2. The number of aliphatic hydroxyl groups is 1. The Bertz CT molecular complexity index is 1000. The summed E-state index contributed by atoms with van der Waals surface area (Å²) in [5.74, 6) is -1.13. The van der Waals surface area contributed by atoms with Gasteiger partial charge in [0, 0.05) is 27.3 Å². The van der Waals surface area contributed by atoms with Crippen LogP contribution in [0.2, 0.25) is 5.02 Å². The van der Waals surface area contributed by atoms with Crippen LogP contribution in [0.5, 0.6) is 0 Å². The summed E-state index contributed by atoms with van der Waals surface area (Å²) in [6.07, 6.45) is 0. The van der Waals surface area contributed by atoms with Gasteiger partial charge in [0.2, 0.25) is 5.72 Å². The van der Waals surface area contributed by atoms with E-state index in [9.17, 15) is 14.7 Å². The van der Waals surface area contributed by atoms with Gasteiger partial charge in [-0.25, -0.2) is 4.90 Å². The fraction of sp³-hybridized carbons (Fsp3) is 0.0476. The van der Waals surface area contributed by atoms with Crippen LogP contribution in [0.4, 0.5) is 0 Å². The molecule has 4 nitrogen and oxygen atoms in total. The molecule has 1 heterocycles. The van der Waals surface area contributed by atoms with Gasteiger partial charge in [0.25, 0.3) is 11.8 Å². The molecule has 1 atom stereocenters. The van der Waals surface area contributed by atoms with Crippen molar-refractivity contribution in [3.63, 3.8) is 0 Å². The molecule has 1 aliphatic heterocycles. The normalized spacial score (nSPS) is 18.7. The molecule has 4 rings (SSSR count). The third-order valence-electron chi connectivity index (χ3n) is 4.51. The van der Waals surface area contributed by atoms with Crippen LogP contribution in [0.25, 0.3) is 0 Å². The molecule has 0 saturated heterocycles. The van der Waals surface area contributed by atoms with Crippen LogP contribution >= 0.6 is 11.6 Å². The second-order valence-corrected chi connectivity index (χ2v) is 6.48. The predicted molar refractivity (Wildman–Crippen MR) is 97.8 cm³/mol. The first-order chi connectivity index (χ1) is 12.5. The van der Waals surface area contributed by atoms with Gasteiger partial charge in [0.15, 0.2) is 0 Å². The van der Waals surface area contributed by atoms with Gasteiger partial charge in [-0.2, -0.15) is 0 Å². The third-order valence-corrected chi connectivity index (χ3v) is 4.75. The van der Waals surface area contributed by atoms with E-state index in [-0.39, 0.29) is 5.56 Å². The number of carbonyl (C=O) groups excluding carboxylic acids is 2. The Hall–Kier alpha value is -2.95. The van der Waals surface area contributed by atoms with Crippen molar-refractivity contribution in [1.82, 2.24) is 4.90 Å².